The van der Waals surface area contributed by atoms with Crippen molar-refractivity contribution in [2.75, 3.05) is 0 Å². The summed E-state index contributed by atoms with van der Waals surface area (Å²) in [5, 5.41) is 11.7. The van der Waals surface area contributed by atoms with E-state index in [1.54, 1.807) is 6.92 Å². The van der Waals surface area contributed by atoms with Crippen LogP contribution in [0.3, 0.4) is 0 Å². The quantitative estimate of drug-likeness (QED) is 0.766. The molecule has 0 aromatic carbocycles. The monoisotopic (exact) mass is 255 g/mol. The average Bonchev–Trinajstić information content (AvgIpc) is 2.73. The molecule has 4 heteroatoms. The molecule has 1 aliphatic rings. The summed E-state index contributed by atoms with van der Waals surface area (Å²) in [6.07, 6.45) is 5.22. The molecule has 1 unspecified atom stereocenters. The maximum Gasteiger partial charge on any atom is 0.326 e. The number of carbonyl (C=O) groups excluding carboxylic acids is 1. The third-order valence-electron chi connectivity index (χ3n) is 3.85. The zero-order valence-electron chi connectivity index (χ0n) is 11.7. The largest absolute Gasteiger partial charge is 0.480 e. The lowest BCUT2D eigenvalue weighted by atomic mass is 9.77. The lowest BCUT2D eigenvalue weighted by molar-refractivity contribution is -0.144. The molecule has 1 aliphatic carbocycles. The highest BCUT2D eigenvalue weighted by atomic mass is 16.4. The number of hydrogen-bond acceptors (Lipinski definition) is 2. The van der Waals surface area contributed by atoms with E-state index in [1.165, 1.54) is 0 Å². The van der Waals surface area contributed by atoms with Crippen molar-refractivity contribution in [3.05, 3.63) is 0 Å². The van der Waals surface area contributed by atoms with Gasteiger partial charge in [-0.25, -0.2) is 4.79 Å². The molecule has 0 spiro atoms. The Morgan fingerprint density at radius 1 is 1.28 bits per heavy atom. The summed E-state index contributed by atoms with van der Waals surface area (Å²) in [6, 6.07) is -0.748. The third-order valence-corrected chi connectivity index (χ3v) is 3.85. The van der Waals surface area contributed by atoms with E-state index in [0.29, 0.717) is 12.3 Å². The molecule has 0 saturated heterocycles. The maximum absolute atomic E-state index is 12.4. The minimum absolute atomic E-state index is 0.0528. The summed E-state index contributed by atoms with van der Waals surface area (Å²) in [5.74, 6) is -0.537. The molecule has 18 heavy (non-hydrogen) atoms. The van der Waals surface area contributed by atoms with Crippen molar-refractivity contribution in [2.24, 2.45) is 11.3 Å². The highest BCUT2D eigenvalue weighted by Crippen LogP contribution is 2.43. The number of nitrogens with one attached hydrogen (secondary N) is 1. The molecule has 0 bridgehead atoms. The van der Waals surface area contributed by atoms with E-state index in [4.69, 9.17) is 5.11 Å². The molecule has 1 fully saturated rings. The van der Waals surface area contributed by atoms with E-state index in [9.17, 15) is 9.59 Å². The number of aliphatic carboxylic acids is 1. The highest BCUT2D eigenvalue weighted by molar-refractivity contribution is 5.87. The molecular formula is C14H25NO3. The van der Waals surface area contributed by atoms with Crippen LogP contribution in [0.25, 0.3) is 0 Å². The second kappa shape index (κ2) is 6.21. The summed E-state index contributed by atoms with van der Waals surface area (Å²) in [7, 11) is 0. The first-order chi connectivity index (χ1) is 8.41. The lowest BCUT2D eigenvalue weighted by Crippen LogP contribution is -2.47. The van der Waals surface area contributed by atoms with Crippen LogP contribution < -0.4 is 5.32 Å². The molecule has 4 nitrogen and oxygen atoms in total. The van der Waals surface area contributed by atoms with Crippen molar-refractivity contribution in [1.82, 2.24) is 5.32 Å². The zero-order chi connectivity index (χ0) is 13.8. The van der Waals surface area contributed by atoms with Gasteiger partial charge in [0.25, 0.3) is 0 Å². The molecule has 0 aromatic heterocycles. The molecule has 104 valence electrons. The minimum Gasteiger partial charge on any atom is -0.480 e. The molecule has 0 radical (unpaired) electrons. The Labute approximate surface area is 109 Å². The van der Waals surface area contributed by atoms with Gasteiger partial charge in [-0.2, -0.15) is 0 Å². The molecule has 0 aromatic rings. The van der Waals surface area contributed by atoms with Gasteiger partial charge in [0.15, 0.2) is 0 Å². The maximum atomic E-state index is 12.4. The van der Waals surface area contributed by atoms with Gasteiger partial charge in [0.05, 0.1) is 0 Å². The molecule has 1 atom stereocenters. The molecule has 1 saturated carbocycles. The zero-order valence-corrected chi connectivity index (χ0v) is 11.7. The van der Waals surface area contributed by atoms with Gasteiger partial charge in [0.1, 0.15) is 6.04 Å². The van der Waals surface area contributed by atoms with Crippen LogP contribution in [-0.4, -0.2) is 23.0 Å². The van der Waals surface area contributed by atoms with Crippen molar-refractivity contribution in [1.29, 1.82) is 0 Å². The van der Waals surface area contributed by atoms with E-state index in [0.717, 1.165) is 32.1 Å². The molecule has 1 amide bonds. The van der Waals surface area contributed by atoms with Crippen molar-refractivity contribution >= 4 is 11.9 Å². The van der Waals surface area contributed by atoms with E-state index >= 15 is 0 Å². The first-order valence-electron chi connectivity index (χ1n) is 6.95. The van der Waals surface area contributed by atoms with Crippen molar-refractivity contribution in [3.8, 4) is 0 Å². The normalized spacial score (nSPS) is 19.8. The van der Waals surface area contributed by atoms with Crippen LogP contribution in [0.15, 0.2) is 0 Å². The van der Waals surface area contributed by atoms with Gasteiger partial charge in [-0.3, -0.25) is 4.79 Å². The molecule has 1 rings (SSSR count). The highest BCUT2D eigenvalue weighted by Gasteiger charge is 2.42. The van der Waals surface area contributed by atoms with Gasteiger partial charge in [0, 0.05) is 5.41 Å². The predicted octanol–water partition coefficient (Wildman–Crippen LogP) is 2.57. The molecule has 0 aliphatic heterocycles. The Bertz CT molecular complexity index is 306. The number of carboxylic acid groups (broad SMARTS) is 1. The number of hydrogen-bond donors (Lipinski definition) is 2. The number of amides is 1. The van der Waals surface area contributed by atoms with Gasteiger partial charge in [0.2, 0.25) is 5.91 Å². The smallest absolute Gasteiger partial charge is 0.326 e. The van der Waals surface area contributed by atoms with E-state index < -0.39 is 12.0 Å². The number of carboxylic acids is 1. The van der Waals surface area contributed by atoms with Crippen molar-refractivity contribution in [3.63, 3.8) is 0 Å². The van der Waals surface area contributed by atoms with Gasteiger partial charge < -0.3 is 10.4 Å². The third kappa shape index (κ3) is 3.47. The topological polar surface area (TPSA) is 66.4 Å². The van der Waals surface area contributed by atoms with E-state index in [2.05, 4.69) is 19.2 Å². The van der Waals surface area contributed by atoms with Crippen molar-refractivity contribution in [2.45, 2.75) is 65.3 Å². The SMILES string of the molecule is CCC(NC(=O)C1(CC(C)C)CCCC1)C(=O)O. The van der Waals surface area contributed by atoms with Gasteiger partial charge in [-0.1, -0.05) is 33.6 Å². The first-order valence-corrected chi connectivity index (χ1v) is 6.95. The first kappa shape index (κ1) is 15.0. The fraction of sp³-hybridized carbons (Fsp3) is 0.857. The van der Waals surface area contributed by atoms with Crippen LogP contribution in [0.4, 0.5) is 0 Å². The summed E-state index contributed by atoms with van der Waals surface area (Å²) in [6.45, 7) is 6.01. The van der Waals surface area contributed by atoms with E-state index in [-0.39, 0.29) is 11.3 Å². The lowest BCUT2D eigenvalue weighted by Gasteiger charge is -2.30. The standard InChI is InChI=1S/C14H25NO3/c1-4-11(12(16)17)15-13(18)14(9-10(2)3)7-5-6-8-14/h10-11H,4-9H2,1-3H3,(H,15,18)(H,16,17). The second-order valence-corrected chi connectivity index (χ2v) is 5.86. The van der Waals surface area contributed by atoms with Crippen LogP contribution >= 0.6 is 0 Å². The van der Waals surface area contributed by atoms with Crippen LogP contribution in [0, 0.1) is 11.3 Å². The molecule has 0 heterocycles. The average molecular weight is 255 g/mol. The van der Waals surface area contributed by atoms with Crippen LogP contribution in [0.5, 0.6) is 0 Å². The summed E-state index contributed by atoms with van der Waals surface area (Å²) >= 11 is 0. The van der Waals surface area contributed by atoms with Gasteiger partial charge in [-0.05, 0) is 31.6 Å². The Morgan fingerprint density at radius 3 is 2.22 bits per heavy atom. The number of rotatable bonds is 6. The fourth-order valence-corrected chi connectivity index (χ4v) is 3.01. The molecular weight excluding hydrogens is 230 g/mol. The Kier molecular flexibility index (Phi) is 5.17. The Hall–Kier alpha value is -1.06. The predicted molar refractivity (Wildman–Crippen MR) is 70.2 cm³/mol. The van der Waals surface area contributed by atoms with Crippen LogP contribution in [0.1, 0.15) is 59.3 Å². The Morgan fingerprint density at radius 2 is 1.83 bits per heavy atom. The van der Waals surface area contributed by atoms with Crippen LogP contribution in [0.2, 0.25) is 0 Å². The number of carbonyl (C=O) groups is 2. The van der Waals surface area contributed by atoms with E-state index in [1.807, 2.05) is 0 Å². The van der Waals surface area contributed by atoms with Gasteiger partial charge >= 0.3 is 5.97 Å². The minimum atomic E-state index is -0.941. The Balaban J connectivity index is 2.74. The van der Waals surface area contributed by atoms with Crippen LogP contribution in [-0.2, 0) is 9.59 Å². The summed E-state index contributed by atoms with van der Waals surface area (Å²) < 4.78 is 0. The molecule has 2 N–H and O–H groups in total. The summed E-state index contributed by atoms with van der Waals surface area (Å²) in [5.41, 5.74) is -0.322. The fourth-order valence-electron chi connectivity index (χ4n) is 3.01. The second-order valence-electron chi connectivity index (χ2n) is 5.86. The van der Waals surface area contributed by atoms with Crippen molar-refractivity contribution < 1.29 is 14.7 Å². The van der Waals surface area contributed by atoms with Gasteiger partial charge in [-0.15, -0.1) is 0 Å². The summed E-state index contributed by atoms with van der Waals surface area (Å²) in [4.78, 5) is 23.4.